The fraction of sp³-hybridized carbons (Fsp3) is 0.344. The predicted molar refractivity (Wildman–Crippen MR) is 162 cm³/mol. The summed E-state index contributed by atoms with van der Waals surface area (Å²) in [6, 6.07) is 11.4. The Morgan fingerprint density at radius 3 is 2.28 bits per heavy atom. The van der Waals surface area contributed by atoms with Crippen LogP contribution < -0.4 is 20.1 Å². The van der Waals surface area contributed by atoms with Crippen molar-refractivity contribution < 1.29 is 46.1 Å². The summed E-state index contributed by atoms with van der Waals surface area (Å²) in [6.45, 7) is 3.92. The first-order valence-electron chi connectivity index (χ1n) is 14.0. The minimum Gasteiger partial charge on any atom is -0.487 e. The van der Waals surface area contributed by atoms with Gasteiger partial charge in [-0.25, -0.2) is 31.6 Å². The van der Waals surface area contributed by atoms with Crippen LogP contribution in [0, 0.1) is 12.4 Å². The van der Waals surface area contributed by atoms with Gasteiger partial charge in [0.1, 0.15) is 25.7 Å². The minimum atomic E-state index is -2.79. The number of nitrogens with zero attached hydrogens (tertiary/aromatic N) is 2. The van der Waals surface area contributed by atoms with Crippen molar-refractivity contribution in [2.24, 2.45) is 0 Å². The molecule has 0 aliphatic heterocycles. The number of alkyl halides is 4. The lowest BCUT2D eigenvalue weighted by atomic mass is 9.99. The van der Waals surface area contributed by atoms with Gasteiger partial charge in [0.2, 0.25) is 5.91 Å². The van der Waals surface area contributed by atoms with E-state index in [4.69, 9.17) is 16.0 Å². The van der Waals surface area contributed by atoms with E-state index in [1.54, 1.807) is 31.1 Å². The maximum atomic E-state index is 15.0. The zero-order valence-electron chi connectivity index (χ0n) is 25.0. The summed E-state index contributed by atoms with van der Waals surface area (Å²) in [5, 5.41) is 15.3. The Hall–Kier alpha value is -4.90. The molecule has 3 rings (SSSR count). The van der Waals surface area contributed by atoms with Crippen LogP contribution >= 0.6 is 0 Å². The summed E-state index contributed by atoms with van der Waals surface area (Å²) >= 11 is 0. The van der Waals surface area contributed by atoms with Crippen molar-refractivity contribution >= 4 is 28.9 Å². The molecule has 0 aromatic heterocycles. The zero-order chi connectivity index (χ0) is 33.8. The summed E-state index contributed by atoms with van der Waals surface area (Å²) in [6.07, 6.45) is -4.57. The number of ether oxygens (including phenoxy) is 2. The fourth-order valence-electron chi connectivity index (χ4n) is 4.41. The first-order chi connectivity index (χ1) is 21.9. The maximum absolute atomic E-state index is 15.0. The van der Waals surface area contributed by atoms with E-state index in [0.717, 1.165) is 6.07 Å². The second-order valence-corrected chi connectivity index (χ2v) is 10.4. The number of hydrogen-bond donors (Lipinski definition) is 3. The topological polar surface area (TPSA) is 104 Å². The van der Waals surface area contributed by atoms with Gasteiger partial charge >= 0.3 is 5.97 Å². The number of carboxylic acids is 1. The summed E-state index contributed by atoms with van der Waals surface area (Å²) in [5.41, 5.74) is 1.58. The number of amides is 1. The Bertz CT molecular complexity index is 1530. The average Bonchev–Trinajstić information content (AvgIpc) is 3.01. The molecule has 0 saturated heterocycles. The predicted octanol–water partition coefficient (Wildman–Crippen LogP) is 6.58. The van der Waals surface area contributed by atoms with E-state index >= 15 is 0 Å². The van der Waals surface area contributed by atoms with Gasteiger partial charge in [-0.1, -0.05) is 18.2 Å². The molecule has 246 valence electrons. The van der Waals surface area contributed by atoms with E-state index in [9.17, 15) is 36.6 Å². The number of aliphatic carboxylic acids is 1. The van der Waals surface area contributed by atoms with Crippen molar-refractivity contribution in [1.82, 2.24) is 4.90 Å². The first kappa shape index (κ1) is 35.6. The minimum absolute atomic E-state index is 0.0264. The molecule has 1 unspecified atom stereocenters. The van der Waals surface area contributed by atoms with Crippen LogP contribution in [-0.4, -0.2) is 68.5 Å². The monoisotopic (exact) mass is 648 g/mol. The second kappa shape index (κ2) is 17.0. The van der Waals surface area contributed by atoms with Crippen LogP contribution in [0.5, 0.6) is 11.5 Å². The normalized spacial score (nSPS) is 11.8. The Morgan fingerprint density at radius 1 is 1.00 bits per heavy atom. The largest absolute Gasteiger partial charge is 0.487 e. The van der Waals surface area contributed by atoms with Crippen molar-refractivity contribution in [2.45, 2.75) is 38.0 Å². The standard InChI is InChI=1S/C32H33F5N4O5/c1-38-22-6-8-23(9-7-22)40-30(32(43)44)20-4-10-27(45-18-28(36)37)19(12-20)5-11-29(42)39-24-13-21(17-41(2)3)31(26(35)14-24)46-25(15-33)16-34/h4,6-10,12-14,25,28,30,40H,5,11,15-18H2,2-3H3,(H,39,42)(H,43,44). The molecule has 3 aromatic rings. The van der Waals surface area contributed by atoms with E-state index < -0.39 is 56.2 Å². The van der Waals surface area contributed by atoms with E-state index in [2.05, 4.69) is 15.5 Å². The molecule has 1 amide bonds. The molecule has 0 saturated carbocycles. The number of carboxylic acid groups (broad SMARTS) is 1. The highest BCUT2D eigenvalue weighted by Gasteiger charge is 2.23. The third-order valence-corrected chi connectivity index (χ3v) is 6.48. The van der Waals surface area contributed by atoms with Crippen LogP contribution in [-0.2, 0) is 22.6 Å². The van der Waals surface area contributed by atoms with Crippen molar-refractivity contribution in [3.05, 3.63) is 88.5 Å². The van der Waals surface area contributed by atoms with Crippen LogP contribution in [0.4, 0.5) is 39.0 Å². The Morgan fingerprint density at radius 2 is 1.70 bits per heavy atom. The van der Waals surface area contributed by atoms with Gasteiger partial charge in [-0.05, 0) is 62.0 Å². The van der Waals surface area contributed by atoms with Crippen molar-refractivity contribution in [1.29, 1.82) is 0 Å². The summed E-state index contributed by atoms with van der Waals surface area (Å²) in [4.78, 5) is 30.0. The Balaban J connectivity index is 1.83. The average molecular weight is 649 g/mol. The molecule has 0 bridgehead atoms. The van der Waals surface area contributed by atoms with Gasteiger partial charge in [0.25, 0.3) is 6.43 Å². The molecule has 0 spiro atoms. The first-order valence-corrected chi connectivity index (χ1v) is 14.0. The fourth-order valence-corrected chi connectivity index (χ4v) is 4.41. The SMILES string of the molecule is [C-]#[N+]c1ccc(NC(C(=O)O)c2ccc(OCC(F)F)c(CCC(=O)Nc3cc(F)c(OC(CF)CF)c(CN(C)C)c3)c2)cc1. The molecule has 0 fully saturated rings. The molecule has 0 aliphatic carbocycles. The number of carbonyl (C=O) groups is 2. The molecule has 3 N–H and O–H groups in total. The van der Waals surface area contributed by atoms with Crippen LogP contribution in [0.2, 0.25) is 0 Å². The smallest absolute Gasteiger partial charge is 0.330 e. The number of hydrogen-bond acceptors (Lipinski definition) is 6. The second-order valence-electron chi connectivity index (χ2n) is 10.4. The highest BCUT2D eigenvalue weighted by molar-refractivity contribution is 5.91. The summed E-state index contributed by atoms with van der Waals surface area (Å²) < 4.78 is 77.4. The number of halogens is 5. The summed E-state index contributed by atoms with van der Waals surface area (Å²) in [7, 11) is 3.37. The highest BCUT2D eigenvalue weighted by atomic mass is 19.3. The molecule has 46 heavy (non-hydrogen) atoms. The molecule has 0 heterocycles. The Labute approximate surface area is 262 Å². The van der Waals surface area contributed by atoms with Gasteiger partial charge in [-0.3, -0.25) is 4.79 Å². The number of benzene rings is 3. The van der Waals surface area contributed by atoms with Gasteiger partial charge in [0.15, 0.2) is 29.4 Å². The quantitative estimate of drug-likeness (QED) is 0.112. The van der Waals surface area contributed by atoms with Gasteiger partial charge in [-0.15, -0.1) is 0 Å². The number of carbonyl (C=O) groups excluding carboxylic acids is 1. The lowest BCUT2D eigenvalue weighted by Crippen LogP contribution is -2.23. The van der Waals surface area contributed by atoms with E-state index in [0.29, 0.717) is 11.4 Å². The number of anilines is 2. The van der Waals surface area contributed by atoms with Crippen molar-refractivity contribution in [2.75, 3.05) is 44.7 Å². The lowest BCUT2D eigenvalue weighted by Gasteiger charge is -2.20. The van der Waals surface area contributed by atoms with Crippen molar-refractivity contribution in [3.63, 3.8) is 0 Å². The maximum Gasteiger partial charge on any atom is 0.330 e. The van der Waals surface area contributed by atoms with Gasteiger partial charge in [-0.2, -0.15) is 0 Å². The number of aryl methyl sites for hydroxylation is 1. The molecular weight excluding hydrogens is 615 g/mol. The van der Waals surface area contributed by atoms with Gasteiger partial charge < -0.3 is 30.1 Å². The van der Waals surface area contributed by atoms with Crippen LogP contribution in [0.1, 0.15) is 29.2 Å². The third kappa shape index (κ3) is 10.3. The van der Waals surface area contributed by atoms with Crippen LogP contribution in [0.25, 0.3) is 4.85 Å². The third-order valence-electron chi connectivity index (χ3n) is 6.48. The van der Waals surface area contributed by atoms with E-state index in [1.807, 2.05) is 0 Å². The van der Waals surface area contributed by atoms with E-state index in [-0.39, 0.29) is 53.3 Å². The van der Waals surface area contributed by atoms with Crippen LogP contribution in [0.3, 0.4) is 0 Å². The van der Waals surface area contributed by atoms with Gasteiger partial charge in [0, 0.05) is 36.0 Å². The lowest BCUT2D eigenvalue weighted by molar-refractivity contribution is -0.138. The summed E-state index contributed by atoms with van der Waals surface area (Å²) in [5.74, 6) is -3.08. The van der Waals surface area contributed by atoms with Crippen LogP contribution in [0.15, 0.2) is 54.6 Å². The van der Waals surface area contributed by atoms with Gasteiger partial charge in [0.05, 0.1) is 6.57 Å². The molecule has 0 radical (unpaired) electrons. The molecular formula is C32H33F5N4O5. The molecule has 3 aromatic carbocycles. The van der Waals surface area contributed by atoms with Crippen molar-refractivity contribution in [3.8, 4) is 11.5 Å². The highest BCUT2D eigenvalue weighted by Crippen LogP contribution is 2.31. The zero-order valence-corrected chi connectivity index (χ0v) is 25.0. The molecule has 0 aliphatic rings. The number of rotatable bonds is 17. The molecule has 9 nitrogen and oxygen atoms in total. The number of nitrogens with one attached hydrogen (secondary N) is 2. The molecule has 14 heteroatoms. The Kier molecular flexibility index (Phi) is 13.1. The van der Waals surface area contributed by atoms with E-state index in [1.165, 1.54) is 36.4 Å². The molecule has 1 atom stereocenters.